The molecule has 0 radical (unpaired) electrons. The fourth-order valence-electron chi connectivity index (χ4n) is 3.35. The lowest BCUT2D eigenvalue weighted by Crippen LogP contribution is -2.43. The Morgan fingerprint density at radius 3 is 2.61 bits per heavy atom. The molecule has 0 spiro atoms. The molecule has 2 aromatic rings. The van der Waals surface area contributed by atoms with Gasteiger partial charge < -0.3 is 9.64 Å². The lowest BCUT2D eigenvalue weighted by Gasteiger charge is -2.32. The summed E-state index contributed by atoms with van der Waals surface area (Å²) in [6.45, 7) is 0.691. The Bertz CT molecular complexity index is 1060. The number of nitrogens with zero attached hydrogens (tertiary/aromatic N) is 1. The maximum absolute atomic E-state index is 14.4. The summed E-state index contributed by atoms with van der Waals surface area (Å²) in [5.74, 6) is -0.424. The third kappa shape index (κ3) is 6.89. The smallest absolute Gasteiger partial charge is 0.264 e. The zero-order valence-corrected chi connectivity index (χ0v) is 19.1. The molecule has 10 heteroatoms. The molecule has 2 aromatic carbocycles. The maximum atomic E-state index is 14.4. The normalized spacial score (nSPS) is 17.2. The summed E-state index contributed by atoms with van der Waals surface area (Å²) in [6, 6.07) is 9.57. The summed E-state index contributed by atoms with van der Waals surface area (Å²) in [7, 11) is -3.51. The second kappa shape index (κ2) is 10.3. The first-order valence-corrected chi connectivity index (χ1v) is 12.2. The van der Waals surface area contributed by atoms with E-state index in [0.717, 1.165) is 11.8 Å². The van der Waals surface area contributed by atoms with Gasteiger partial charge in [-0.1, -0.05) is 35.3 Å². The Labute approximate surface area is 191 Å². The molecular formula is C21H22Cl2FNO5S. The van der Waals surface area contributed by atoms with Gasteiger partial charge in [0.05, 0.1) is 35.6 Å². The van der Waals surface area contributed by atoms with Gasteiger partial charge in [-0.3, -0.25) is 8.98 Å². The molecule has 1 aliphatic rings. The highest BCUT2D eigenvalue weighted by Gasteiger charge is 2.26. The second-order valence-electron chi connectivity index (χ2n) is 7.27. The number of carbonyl (C=O) groups excluding carboxylic acids is 1. The Kier molecular flexibility index (Phi) is 7.93. The summed E-state index contributed by atoms with van der Waals surface area (Å²) in [4.78, 5) is 14.0. The van der Waals surface area contributed by atoms with E-state index in [4.69, 9.17) is 27.9 Å². The van der Waals surface area contributed by atoms with Crippen molar-refractivity contribution in [3.8, 4) is 11.1 Å². The fourth-order valence-corrected chi connectivity index (χ4v) is 4.02. The van der Waals surface area contributed by atoms with Crippen molar-refractivity contribution >= 4 is 39.2 Å². The summed E-state index contributed by atoms with van der Waals surface area (Å²) in [6.07, 6.45) is 1.61. The SMILES string of the molecule is CS(=O)(=O)OCCOC1CCC(=O)N(Cc2ccc(F)c(-c3ccc(Cl)c(Cl)c3)c2)C1. The quantitative estimate of drug-likeness (QED) is 0.408. The van der Waals surface area contributed by atoms with Crippen molar-refractivity contribution in [1.29, 1.82) is 0 Å². The lowest BCUT2D eigenvalue weighted by atomic mass is 10.0. The average molecular weight is 490 g/mol. The number of halogens is 3. The van der Waals surface area contributed by atoms with Crippen LogP contribution in [0.3, 0.4) is 0 Å². The van der Waals surface area contributed by atoms with Gasteiger partial charge >= 0.3 is 0 Å². The first-order valence-electron chi connectivity index (χ1n) is 9.60. The fraction of sp³-hybridized carbons (Fsp3) is 0.381. The average Bonchev–Trinajstić information content (AvgIpc) is 2.70. The molecule has 1 saturated heterocycles. The minimum absolute atomic E-state index is 0.0207. The Hall–Kier alpha value is -1.71. The molecule has 1 fully saturated rings. The first kappa shape index (κ1) is 23.9. The van der Waals surface area contributed by atoms with Crippen LogP contribution in [0.1, 0.15) is 18.4 Å². The van der Waals surface area contributed by atoms with E-state index in [-0.39, 0.29) is 25.2 Å². The van der Waals surface area contributed by atoms with E-state index >= 15 is 0 Å². The predicted octanol–water partition coefficient (Wildman–Crippen LogP) is 4.28. The summed E-state index contributed by atoms with van der Waals surface area (Å²) >= 11 is 12.0. The largest absolute Gasteiger partial charge is 0.374 e. The summed E-state index contributed by atoms with van der Waals surface area (Å²) < 4.78 is 46.7. The number of hydrogen-bond acceptors (Lipinski definition) is 5. The van der Waals surface area contributed by atoms with Crippen LogP contribution in [0.5, 0.6) is 0 Å². The van der Waals surface area contributed by atoms with Crippen LogP contribution in [-0.2, 0) is 30.4 Å². The van der Waals surface area contributed by atoms with Crippen molar-refractivity contribution in [3.05, 3.63) is 57.8 Å². The molecule has 1 aliphatic heterocycles. The van der Waals surface area contributed by atoms with Crippen molar-refractivity contribution in [1.82, 2.24) is 4.90 Å². The van der Waals surface area contributed by atoms with E-state index in [1.54, 1.807) is 35.2 Å². The molecule has 0 saturated carbocycles. The van der Waals surface area contributed by atoms with Gasteiger partial charge in [-0.25, -0.2) is 4.39 Å². The van der Waals surface area contributed by atoms with Gasteiger partial charge in [-0.15, -0.1) is 0 Å². The molecule has 3 rings (SSSR count). The third-order valence-corrected chi connectivity index (χ3v) is 6.16. The molecule has 0 aliphatic carbocycles. The zero-order chi connectivity index (χ0) is 22.6. The number of carbonyl (C=O) groups is 1. The van der Waals surface area contributed by atoms with E-state index in [2.05, 4.69) is 4.18 Å². The van der Waals surface area contributed by atoms with Crippen LogP contribution in [0.25, 0.3) is 11.1 Å². The predicted molar refractivity (Wildman–Crippen MR) is 117 cm³/mol. The molecule has 6 nitrogen and oxygen atoms in total. The second-order valence-corrected chi connectivity index (χ2v) is 9.73. The molecular weight excluding hydrogens is 468 g/mol. The number of likely N-dealkylation sites (tertiary alicyclic amines) is 1. The van der Waals surface area contributed by atoms with Crippen LogP contribution in [0.2, 0.25) is 10.0 Å². The number of piperidine rings is 1. The van der Waals surface area contributed by atoms with Crippen molar-refractivity contribution in [3.63, 3.8) is 0 Å². The Balaban J connectivity index is 1.66. The van der Waals surface area contributed by atoms with Gasteiger partial charge in [0, 0.05) is 25.1 Å². The molecule has 0 bridgehead atoms. The van der Waals surface area contributed by atoms with Gasteiger partial charge in [0.2, 0.25) is 5.91 Å². The van der Waals surface area contributed by atoms with Crippen molar-refractivity contribution in [2.45, 2.75) is 25.5 Å². The zero-order valence-electron chi connectivity index (χ0n) is 16.8. The van der Waals surface area contributed by atoms with Crippen LogP contribution in [0.15, 0.2) is 36.4 Å². The Morgan fingerprint density at radius 1 is 1.13 bits per heavy atom. The van der Waals surface area contributed by atoms with Crippen LogP contribution in [0.4, 0.5) is 4.39 Å². The van der Waals surface area contributed by atoms with Crippen LogP contribution < -0.4 is 0 Å². The van der Waals surface area contributed by atoms with Gasteiger partial charge in [0.25, 0.3) is 10.1 Å². The molecule has 168 valence electrons. The number of benzene rings is 2. The van der Waals surface area contributed by atoms with Gasteiger partial charge in [-0.2, -0.15) is 8.42 Å². The minimum Gasteiger partial charge on any atom is -0.374 e. The summed E-state index contributed by atoms with van der Waals surface area (Å²) in [5.41, 5.74) is 1.72. The van der Waals surface area contributed by atoms with Gasteiger partial charge in [-0.05, 0) is 41.8 Å². The van der Waals surface area contributed by atoms with Crippen LogP contribution in [0, 0.1) is 5.82 Å². The number of hydrogen-bond donors (Lipinski definition) is 0. The highest BCUT2D eigenvalue weighted by molar-refractivity contribution is 7.85. The van der Waals surface area contributed by atoms with Gasteiger partial charge in [0.1, 0.15) is 5.82 Å². The van der Waals surface area contributed by atoms with E-state index in [1.807, 2.05) is 0 Å². The van der Waals surface area contributed by atoms with E-state index in [0.29, 0.717) is 47.1 Å². The molecule has 0 N–H and O–H groups in total. The highest BCUT2D eigenvalue weighted by Crippen LogP contribution is 2.31. The van der Waals surface area contributed by atoms with Crippen molar-refractivity contribution in [2.75, 3.05) is 26.0 Å². The highest BCUT2D eigenvalue weighted by atomic mass is 35.5. The van der Waals surface area contributed by atoms with Crippen LogP contribution in [-0.4, -0.2) is 51.3 Å². The molecule has 1 amide bonds. The molecule has 1 unspecified atom stereocenters. The number of ether oxygens (including phenoxy) is 1. The maximum Gasteiger partial charge on any atom is 0.264 e. The number of amides is 1. The minimum atomic E-state index is -3.51. The van der Waals surface area contributed by atoms with Crippen molar-refractivity contribution < 1.29 is 26.5 Å². The van der Waals surface area contributed by atoms with Crippen LogP contribution >= 0.6 is 23.2 Å². The number of rotatable bonds is 8. The first-order chi connectivity index (χ1) is 14.6. The van der Waals surface area contributed by atoms with Crippen molar-refractivity contribution in [2.24, 2.45) is 0 Å². The topological polar surface area (TPSA) is 72.9 Å². The molecule has 1 heterocycles. The molecule has 0 aromatic heterocycles. The monoisotopic (exact) mass is 489 g/mol. The standard InChI is InChI=1S/C21H22Cl2FNO5S/c1-31(27,28)30-9-8-29-16-4-7-21(26)25(13-16)12-14-2-6-20(24)17(10-14)15-3-5-18(22)19(23)11-15/h2-3,5-6,10-11,16H,4,7-9,12-13H2,1H3. The van der Waals surface area contributed by atoms with Gasteiger partial charge in [0.15, 0.2) is 0 Å². The molecule has 1 atom stereocenters. The summed E-state index contributed by atoms with van der Waals surface area (Å²) in [5, 5.41) is 0.712. The molecule has 31 heavy (non-hydrogen) atoms. The van der Waals surface area contributed by atoms with E-state index < -0.39 is 15.9 Å². The lowest BCUT2D eigenvalue weighted by molar-refractivity contribution is -0.139. The van der Waals surface area contributed by atoms with E-state index in [1.165, 1.54) is 6.07 Å². The van der Waals surface area contributed by atoms with E-state index in [9.17, 15) is 17.6 Å². The Morgan fingerprint density at radius 2 is 1.90 bits per heavy atom. The third-order valence-electron chi connectivity index (χ3n) is 4.83.